The largest absolute Gasteiger partial charge is 0.497 e. The molecule has 4 aromatic heterocycles. The van der Waals surface area contributed by atoms with Gasteiger partial charge < -0.3 is 38.3 Å². The number of H-pyrrole nitrogens is 2. The van der Waals surface area contributed by atoms with E-state index in [4.69, 9.17) is 28.4 Å². The van der Waals surface area contributed by atoms with Crippen LogP contribution in [0, 0.1) is 29.1 Å². The van der Waals surface area contributed by atoms with Crippen molar-refractivity contribution in [3.63, 3.8) is 0 Å². The number of aromatic nitrogens is 8. The van der Waals surface area contributed by atoms with Gasteiger partial charge in [0.25, 0.3) is 11.1 Å². The Morgan fingerprint density at radius 2 is 1.23 bits per heavy atom. The molecule has 2 fully saturated rings. The minimum Gasteiger partial charge on any atom is -0.497 e. The Balaban J connectivity index is 1.11. The molecule has 0 bridgehead atoms. The second-order valence-corrected chi connectivity index (χ2v) is 26.9. The first-order valence-electron chi connectivity index (χ1n) is 29.1. The van der Waals surface area contributed by atoms with Crippen LogP contribution in [0.15, 0.2) is 101 Å². The van der Waals surface area contributed by atoms with Crippen molar-refractivity contribution in [3.8, 4) is 17.6 Å². The maximum Gasteiger partial charge on any atom is 0.280 e. The molecule has 9 rings (SSSR count). The number of nitrogens with zero attached hydrogens (tertiary/aromatic N) is 8. The lowest BCUT2D eigenvalue weighted by Gasteiger charge is -2.42. The van der Waals surface area contributed by atoms with Crippen LogP contribution in [0.25, 0.3) is 22.3 Å². The molecule has 7 aromatic rings. The van der Waals surface area contributed by atoms with Crippen molar-refractivity contribution in [1.29, 1.82) is 5.26 Å². The lowest BCUT2D eigenvalue weighted by Crippen LogP contribution is -2.50. The minimum absolute atomic E-state index is 0.0394. The number of amides is 3. The van der Waals surface area contributed by atoms with E-state index >= 15 is 13.8 Å². The van der Waals surface area contributed by atoms with E-state index < -0.39 is 114 Å². The predicted molar refractivity (Wildman–Crippen MR) is 325 cm³/mol. The molecule has 25 nitrogen and oxygen atoms in total. The quantitative estimate of drug-likeness (QED) is 0.0275. The van der Waals surface area contributed by atoms with Gasteiger partial charge in [0.05, 0.1) is 57.8 Å². The highest BCUT2D eigenvalue weighted by molar-refractivity contribution is 7.62. The van der Waals surface area contributed by atoms with Crippen LogP contribution in [-0.2, 0) is 43.5 Å². The number of hydrogen-bond acceptors (Lipinski definition) is 17. The standard InChI is InChI=1S/C61H75FN13O12P/c1-33(2)53(77)69-59-67-51-47(55(79)71-59)65-31-73(51)57-46(62)49(75(27-15-26-63)88(81,35(5)6)36(7)8)43(86-57)29-64-45(76)28-42-44(87-58(50(42)84-11)74-32-66-48-52(74)68-60(72-56(48)80)70-54(78)34(3)4)30-85-61(37-16-13-12-14-17-37,38-18-22-40(82-9)23-19-38)39-20-24-41(83-10)25-21-39/h12-14,16-25,31-36,42-44,46,49-50,57-58H,15,27-30H2,1-11H3,(H,64,76)(H2,67,69,71,77,79)(H2,68,70,72,78,80)/t42-,43-,44-,46-,49-,50-,57-,58-/m1/s1. The van der Waals surface area contributed by atoms with Gasteiger partial charge in [-0.2, -0.15) is 15.2 Å². The Hall–Kier alpha value is -8.18. The number of carbonyl (C=O) groups excluding carboxylic acids is 3. The number of ether oxygens (including phenoxy) is 6. The highest BCUT2D eigenvalue weighted by atomic mass is 31.2. The van der Waals surface area contributed by atoms with Crippen molar-refractivity contribution < 1.29 is 51.8 Å². The van der Waals surface area contributed by atoms with Crippen molar-refractivity contribution in [1.82, 2.24) is 49.0 Å². The van der Waals surface area contributed by atoms with Crippen LogP contribution < -0.4 is 36.5 Å². The Morgan fingerprint density at radius 3 is 1.69 bits per heavy atom. The summed E-state index contributed by atoms with van der Waals surface area (Å²) in [6.07, 6.45) is -5.89. The van der Waals surface area contributed by atoms with Gasteiger partial charge >= 0.3 is 0 Å². The third-order valence-electron chi connectivity index (χ3n) is 16.2. The van der Waals surface area contributed by atoms with Gasteiger partial charge in [-0.25, -0.2) is 19.0 Å². The van der Waals surface area contributed by atoms with Crippen LogP contribution in [-0.4, -0.2) is 144 Å². The molecule has 6 heterocycles. The van der Waals surface area contributed by atoms with Gasteiger partial charge in [0.15, 0.2) is 48.2 Å². The molecule has 0 aliphatic carbocycles. The number of halogens is 1. The van der Waals surface area contributed by atoms with Crippen LogP contribution >= 0.6 is 7.29 Å². The molecule has 0 saturated carbocycles. The first-order chi connectivity index (χ1) is 42.1. The number of fused-ring (bicyclic) bond motifs is 2. The van der Waals surface area contributed by atoms with Crippen molar-refractivity contribution in [2.24, 2.45) is 17.8 Å². The molecule has 2 aliphatic rings. The van der Waals surface area contributed by atoms with Gasteiger partial charge in [0.1, 0.15) is 23.2 Å². The summed E-state index contributed by atoms with van der Waals surface area (Å²) < 4.78 is 76.3. The van der Waals surface area contributed by atoms with Crippen molar-refractivity contribution in [2.45, 2.75) is 128 Å². The number of carbonyl (C=O) groups is 3. The SMILES string of the molecule is COc1ccc(C(OC[C@H]2O[C@@H](n3cnc4c(=O)[nH]c(NC(=O)C(C)C)nc43)[C@H](OC)[C@@H]2CC(=O)NC[C@H]2O[C@@H](n3cnc4c(=O)[nH]c(NC(=O)C(C)C)nc43)[C@H](F)[C@@H]2N(CCC#N)P(=O)(C(C)C)C(C)C)(c2ccccc2)c2ccc(OC)cc2)cc1. The first kappa shape index (κ1) is 64.3. The molecule has 0 unspecified atom stereocenters. The summed E-state index contributed by atoms with van der Waals surface area (Å²) in [7, 11) is 1.01. The fourth-order valence-corrected chi connectivity index (χ4v) is 15.2. The normalized spacial score (nSPS) is 20.6. The molecule has 468 valence electrons. The molecule has 0 spiro atoms. The maximum atomic E-state index is 18.1. The van der Waals surface area contributed by atoms with Gasteiger partial charge in [0, 0.05) is 62.1 Å². The average molecular weight is 1230 g/mol. The second kappa shape index (κ2) is 27.1. The van der Waals surface area contributed by atoms with Crippen LogP contribution in [0.1, 0.15) is 97.4 Å². The van der Waals surface area contributed by atoms with Gasteiger partial charge in [0.2, 0.25) is 29.6 Å². The lowest BCUT2D eigenvalue weighted by molar-refractivity contribution is -0.125. The third-order valence-corrected chi connectivity index (χ3v) is 20.5. The fraction of sp³-hybridized carbons (Fsp3) is 0.475. The van der Waals surface area contributed by atoms with Gasteiger partial charge in [-0.3, -0.25) is 53.7 Å². The average Bonchev–Trinajstić information content (AvgIpc) is 1.62. The summed E-state index contributed by atoms with van der Waals surface area (Å²) in [6, 6.07) is 25.2. The Morgan fingerprint density at radius 1 is 0.739 bits per heavy atom. The van der Waals surface area contributed by atoms with E-state index in [1.54, 1.807) is 69.6 Å². The number of rotatable bonds is 25. The molecule has 8 atom stereocenters. The number of hydrogen-bond donors (Lipinski definition) is 5. The summed E-state index contributed by atoms with van der Waals surface area (Å²) in [5.74, 6) is -2.36. The molecular weight excluding hydrogens is 1160 g/mol. The zero-order valence-corrected chi connectivity index (χ0v) is 51.8. The number of nitrogens with one attached hydrogen (secondary N) is 5. The van der Waals surface area contributed by atoms with Crippen LogP contribution in [0.5, 0.6) is 11.5 Å². The molecule has 2 aliphatic heterocycles. The molecule has 88 heavy (non-hydrogen) atoms. The van der Waals surface area contributed by atoms with Crippen molar-refractivity contribution in [2.75, 3.05) is 51.7 Å². The zero-order valence-electron chi connectivity index (χ0n) is 50.9. The Bertz CT molecular complexity index is 3770. The highest BCUT2D eigenvalue weighted by Crippen LogP contribution is 2.61. The summed E-state index contributed by atoms with van der Waals surface area (Å²) in [6.45, 7) is 13.1. The van der Waals surface area contributed by atoms with E-state index in [-0.39, 0.29) is 66.8 Å². The Labute approximate surface area is 507 Å². The van der Waals surface area contributed by atoms with Gasteiger partial charge in [-0.1, -0.05) is 110 Å². The van der Waals surface area contributed by atoms with E-state index in [2.05, 4.69) is 51.9 Å². The predicted octanol–water partition coefficient (Wildman–Crippen LogP) is 7.42. The third kappa shape index (κ3) is 12.6. The molecule has 3 amide bonds. The lowest BCUT2D eigenvalue weighted by atomic mass is 9.79. The number of aromatic amines is 2. The minimum atomic E-state index is -3.58. The van der Waals surface area contributed by atoms with Gasteiger partial charge in [-0.15, -0.1) is 0 Å². The summed E-state index contributed by atoms with van der Waals surface area (Å²) in [5, 5.41) is 18.2. The maximum absolute atomic E-state index is 18.1. The number of nitriles is 1. The zero-order chi connectivity index (χ0) is 63.4. The molecular formula is C61H75FN13O12P. The van der Waals surface area contributed by atoms with E-state index in [1.807, 2.05) is 78.9 Å². The van der Waals surface area contributed by atoms with Gasteiger partial charge in [-0.05, 0) is 41.0 Å². The molecule has 0 radical (unpaired) electrons. The summed E-state index contributed by atoms with van der Waals surface area (Å²) in [4.78, 5) is 90.5. The summed E-state index contributed by atoms with van der Waals surface area (Å²) >= 11 is 0. The summed E-state index contributed by atoms with van der Waals surface area (Å²) in [5.41, 5.74) is -1.92. The van der Waals surface area contributed by atoms with Crippen LogP contribution in [0.4, 0.5) is 16.3 Å². The van der Waals surface area contributed by atoms with E-state index in [9.17, 15) is 24.4 Å². The monoisotopic (exact) mass is 1230 g/mol. The van der Waals surface area contributed by atoms with Crippen LogP contribution in [0.3, 0.4) is 0 Å². The number of methoxy groups -OCH3 is 3. The fourth-order valence-electron chi connectivity index (χ4n) is 11.7. The number of benzene rings is 3. The first-order valence-corrected chi connectivity index (χ1v) is 30.9. The smallest absolute Gasteiger partial charge is 0.280 e. The van der Waals surface area contributed by atoms with E-state index in [0.717, 1.165) is 5.56 Å². The van der Waals surface area contributed by atoms with E-state index in [0.29, 0.717) is 22.6 Å². The number of imidazole rings is 2. The molecule has 2 saturated heterocycles. The highest BCUT2D eigenvalue weighted by Gasteiger charge is 2.55. The number of alkyl halides is 1. The number of anilines is 2. The Kier molecular flexibility index (Phi) is 19.8. The molecule has 27 heteroatoms. The van der Waals surface area contributed by atoms with Crippen molar-refractivity contribution >= 4 is 59.2 Å². The topological polar surface area (TPSA) is 314 Å². The van der Waals surface area contributed by atoms with Crippen molar-refractivity contribution in [3.05, 3.63) is 129 Å². The molecule has 5 N–H and O–H groups in total. The second-order valence-electron chi connectivity index (χ2n) is 22.9. The van der Waals surface area contributed by atoms with Crippen LogP contribution in [0.2, 0.25) is 0 Å². The molecule has 3 aromatic carbocycles. The van der Waals surface area contributed by atoms with E-state index in [1.165, 1.54) is 33.6 Å².